The third-order valence-electron chi connectivity index (χ3n) is 4.63. The van der Waals surface area contributed by atoms with Crippen molar-refractivity contribution in [1.29, 1.82) is 0 Å². The van der Waals surface area contributed by atoms with Gasteiger partial charge in [-0.15, -0.1) is 12.4 Å². The van der Waals surface area contributed by atoms with Crippen LogP contribution in [0.4, 0.5) is 5.82 Å². The summed E-state index contributed by atoms with van der Waals surface area (Å²) in [5.74, 6) is 1.81. The number of phenolic OH excluding ortho intramolecular Hbond substituents is 1. The molecule has 6 heteroatoms. The van der Waals surface area contributed by atoms with Gasteiger partial charge in [0.1, 0.15) is 11.6 Å². The standard InChI is InChI=1S/C17H20N4O.ClH/c1-11-8-16(21-12-6-7-13(21)10-18-9-12)20-17(19-11)14-4-2-3-5-15(14)22;/h2-5,8,12-13,18,22H,6-7,9-10H2,1H3;1H/t12-,13+;. The van der Waals surface area contributed by atoms with Crippen LogP contribution in [0.2, 0.25) is 0 Å². The van der Waals surface area contributed by atoms with Crippen molar-refractivity contribution in [2.45, 2.75) is 31.8 Å². The maximum Gasteiger partial charge on any atom is 0.165 e. The monoisotopic (exact) mass is 332 g/mol. The number of hydrogen-bond donors (Lipinski definition) is 2. The van der Waals surface area contributed by atoms with Gasteiger partial charge in [0, 0.05) is 36.9 Å². The Hall–Kier alpha value is -1.85. The van der Waals surface area contributed by atoms with Crippen molar-refractivity contribution >= 4 is 18.2 Å². The Morgan fingerprint density at radius 3 is 2.52 bits per heavy atom. The molecule has 0 aliphatic carbocycles. The van der Waals surface area contributed by atoms with Crippen molar-refractivity contribution in [2.75, 3.05) is 18.0 Å². The second kappa shape index (κ2) is 6.34. The number of aromatic nitrogens is 2. The van der Waals surface area contributed by atoms with Gasteiger partial charge in [0.15, 0.2) is 5.82 Å². The molecule has 0 unspecified atom stereocenters. The Balaban J connectivity index is 0.00000156. The molecular formula is C17H21ClN4O. The van der Waals surface area contributed by atoms with Crippen LogP contribution in [0.5, 0.6) is 5.75 Å². The number of para-hydroxylation sites is 1. The van der Waals surface area contributed by atoms with Gasteiger partial charge in [-0.25, -0.2) is 9.97 Å². The molecule has 0 radical (unpaired) electrons. The van der Waals surface area contributed by atoms with Crippen LogP contribution >= 0.6 is 12.4 Å². The van der Waals surface area contributed by atoms with Gasteiger partial charge in [-0.1, -0.05) is 12.1 Å². The lowest BCUT2D eigenvalue weighted by molar-refractivity contribution is 0.476. The van der Waals surface area contributed by atoms with Crippen molar-refractivity contribution in [1.82, 2.24) is 15.3 Å². The van der Waals surface area contributed by atoms with Gasteiger partial charge in [0.2, 0.25) is 0 Å². The number of nitrogens with zero attached hydrogens (tertiary/aromatic N) is 3. The summed E-state index contributed by atoms with van der Waals surface area (Å²) in [5, 5.41) is 13.6. The summed E-state index contributed by atoms with van der Waals surface area (Å²) in [7, 11) is 0. The molecule has 0 amide bonds. The van der Waals surface area contributed by atoms with E-state index in [1.165, 1.54) is 12.8 Å². The van der Waals surface area contributed by atoms with E-state index in [-0.39, 0.29) is 18.2 Å². The molecule has 23 heavy (non-hydrogen) atoms. The minimum absolute atomic E-state index is 0. The fraction of sp³-hybridized carbons (Fsp3) is 0.412. The number of benzene rings is 1. The predicted molar refractivity (Wildman–Crippen MR) is 93.3 cm³/mol. The fourth-order valence-electron chi connectivity index (χ4n) is 3.62. The number of anilines is 1. The van der Waals surface area contributed by atoms with Crippen molar-refractivity contribution < 1.29 is 5.11 Å². The normalized spacial score (nSPS) is 22.7. The molecule has 2 fully saturated rings. The van der Waals surface area contributed by atoms with Gasteiger partial charge in [-0.3, -0.25) is 0 Å². The fourth-order valence-corrected chi connectivity index (χ4v) is 3.62. The van der Waals surface area contributed by atoms with Gasteiger partial charge in [-0.05, 0) is 31.9 Å². The minimum Gasteiger partial charge on any atom is -0.507 e. The molecule has 0 spiro atoms. The molecule has 1 aromatic carbocycles. The second-order valence-electron chi connectivity index (χ2n) is 6.16. The predicted octanol–water partition coefficient (Wildman–Crippen LogP) is 2.52. The highest BCUT2D eigenvalue weighted by Gasteiger charge is 2.37. The third kappa shape index (κ3) is 2.86. The first-order valence-electron chi connectivity index (χ1n) is 7.85. The van der Waals surface area contributed by atoms with Crippen LogP contribution in [-0.4, -0.2) is 40.2 Å². The number of rotatable bonds is 2. The number of aryl methyl sites for hydroxylation is 1. The Bertz CT molecular complexity index is 693. The Labute approximate surface area is 142 Å². The highest BCUT2D eigenvalue weighted by Crippen LogP contribution is 2.33. The molecule has 2 aliphatic heterocycles. The van der Waals surface area contributed by atoms with Gasteiger partial charge in [0.25, 0.3) is 0 Å². The molecule has 2 aromatic rings. The average molecular weight is 333 g/mol. The number of phenols is 1. The summed E-state index contributed by atoms with van der Waals surface area (Å²) in [6.45, 7) is 4.02. The van der Waals surface area contributed by atoms with Crippen LogP contribution < -0.4 is 10.2 Å². The van der Waals surface area contributed by atoms with E-state index < -0.39 is 0 Å². The van der Waals surface area contributed by atoms with Gasteiger partial charge in [0.05, 0.1) is 5.56 Å². The molecule has 1 aromatic heterocycles. The molecule has 3 heterocycles. The quantitative estimate of drug-likeness (QED) is 0.885. The molecule has 5 nitrogen and oxygen atoms in total. The average Bonchev–Trinajstić information content (AvgIpc) is 2.76. The van der Waals surface area contributed by atoms with E-state index in [1.54, 1.807) is 6.07 Å². The Morgan fingerprint density at radius 1 is 1.13 bits per heavy atom. The van der Waals surface area contributed by atoms with E-state index in [0.29, 0.717) is 23.5 Å². The van der Waals surface area contributed by atoms with Crippen LogP contribution in [0.15, 0.2) is 30.3 Å². The first kappa shape index (κ1) is 16.0. The summed E-state index contributed by atoms with van der Waals surface area (Å²) in [6.07, 6.45) is 2.43. The van der Waals surface area contributed by atoms with Crippen molar-refractivity contribution in [3.8, 4) is 17.1 Å². The van der Waals surface area contributed by atoms with E-state index in [1.807, 2.05) is 25.1 Å². The first-order chi connectivity index (χ1) is 10.7. The number of fused-ring (bicyclic) bond motifs is 2. The lowest BCUT2D eigenvalue weighted by atomic mass is 10.1. The maximum absolute atomic E-state index is 10.1. The molecule has 2 aliphatic rings. The number of hydrogen-bond acceptors (Lipinski definition) is 5. The number of aromatic hydroxyl groups is 1. The van der Waals surface area contributed by atoms with Crippen molar-refractivity contribution in [3.63, 3.8) is 0 Å². The molecule has 2 N–H and O–H groups in total. The minimum atomic E-state index is 0. The van der Waals surface area contributed by atoms with Crippen LogP contribution in [0, 0.1) is 6.92 Å². The molecule has 4 rings (SSSR count). The molecule has 0 saturated carbocycles. The SMILES string of the molecule is Cc1cc(N2[C@@H]3CC[C@H]2CNC3)nc(-c2ccccc2O)n1.Cl. The first-order valence-corrected chi connectivity index (χ1v) is 7.85. The number of nitrogens with one attached hydrogen (secondary N) is 1. The summed E-state index contributed by atoms with van der Waals surface area (Å²) >= 11 is 0. The molecule has 2 bridgehead atoms. The van der Waals surface area contributed by atoms with Crippen LogP contribution in [0.25, 0.3) is 11.4 Å². The Kier molecular flexibility index (Phi) is 4.41. The zero-order chi connectivity index (χ0) is 15.1. The van der Waals surface area contributed by atoms with Gasteiger partial charge < -0.3 is 15.3 Å². The van der Waals surface area contributed by atoms with Crippen molar-refractivity contribution in [3.05, 3.63) is 36.0 Å². The maximum atomic E-state index is 10.1. The van der Waals surface area contributed by atoms with Crippen LogP contribution in [0.3, 0.4) is 0 Å². The van der Waals surface area contributed by atoms with Gasteiger partial charge >= 0.3 is 0 Å². The smallest absolute Gasteiger partial charge is 0.165 e. The topological polar surface area (TPSA) is 61.3 Å². The number of halogens is 1. The largest absolute Gasteiger partial charge is 0.507 e. The second-order valence-corrected chi connectivity index (χ2v) is 6.16. The van der Waals surface area contributed by atoms with E-state index in [4.69, 9.17) is 4.98 Å². The summed E-state index contributed by atoms with van der Waals surface area (Å²) in [4.78, 5) is 11.7. The van der Waals surface area contributed by atoms with E-state index in [0.717, 1.165) is 24.6 Å². The molecule has 122 valence electrons. The Morgan fingerprint density at radius 2 is 1.83 bits per heavy atom. The molecule has 2 atom stereocenters. The molecule has 2 saturated heterocycles. The van der Waals surface area contributed by atoms with Gasteiger partial charge in [-0.2, -0.15) is 0 Å². The van der Waals surface area contributed by atoms with Crippen LogP contribution in [-0.2, 0) is 0 Å². The zero-order valence-corrected chi connectivity index (χ0v) is 13.9. The van der Waals surface area contributed by atoms with E-state index >= 15 is 0 Å². The number of piperazine rings is 1. The zero-order valence-electron chi connectivity index (χ0n) is 13.1. The summed E-state index contributed by atoms with van der Waals surface area (Å²) in [5.41, 5.74) is 1.62. The lowest BCUT2D eigenvalue weighted by Crippen LogP contribution is -2.52. The van der Waals surface area contributed by atoms with Crippen LogP contribution in [0.1, 0.15) is 18.5 Å². The third-order valence-corrected chi connectivity index (χ3v) is 4.63. The van der Waals surface area contributed by atoms with E-state index in [2.05, 4.69) is 21.3 Å². The lowest BCUT2D eigenvalue weighted by Gasteiger charge is -2.36. The van der Waals surface area contributed by atoms with Crippen molar-refractivity contribution in [2.24, 2.45) is 0 Å². The summed E-state index contributed by atoms with van der Waals surface area (Å²) < 4.78 is 0. The molecular weight excluding hydrogens is 312 g/mol. The highest BCUT2D eigenvalue weighted by molar-refractivity contribution is 5.85. The highest BCUT2D eigenvalue weighted by atomic mass is 35.5. The van der Waals surface area contributed by atoms with E-state index in [9.17, 15) is 5.11 Å². The summed E-state index contributed by atoms with van der Waals surface area (Å²) in [6, 6.07) is 10.3.